The number of benzene rings is 1. The number of hydrogen-bond donors (Lipinski definition) is 1. The molecule has 1 amide bonds. The summed E-state index contributed by atoms with van der Waals surface area (Å²) in [7, 11) is 0. The Morgan fingerprint density at radius 1 is 1.15 bits per heavy atom. The van der Waals surface area contributed by atoms with Crippen LogP contribution < -0.4 is 0 Å². The molecule has 4 nitrogen and oxygen atoms in total. The highest BCUT2D eigenvalue weighted by Gasteiger charge is 2.27. The predicted octanol–water partition coefficient (Wildman–Crippen LogP) is 4.37. The number of amides is 1. The van der Waals surface area contributed by atoms with Gasteiger partial charge in [-0.1, -0.05) is 0 Å². The summed E-state index contributed by atoms with van der Waals surface area (Å²) >= 11 is 0. The number of fused-ring (bicyclic) bond motifs is 1. The first-order chi connectivity index (χ1) is 13.0. The summed E-state index contributed by atoms with van der Waals surface area (Å²) < 4.78 is 43.7. The van der Waals surface area contributed by atoms with Gasteiger partial charge in [0.05, 0.1) is 5.39 Å². The maximum Gasteiger partial charge on any atom is 0.219 e. The van der Waals surface area contributed by atoms with E-state index in [-0.39, 0.29) is 28.3 Å². The summed E-state index contributed by atoms with van der Waals surface area (Å²) in [6, 6.07) is 4.03. The number of nitrogens with one attached hydrogen (secondary N) is 1. The second-order valence-electron chi connectivity index (χ2n) is 6.85. The molecule has 0 saturated carbocycles. The van der Waals surface area contributed by atoms with Crippen molar-refractivity contribution in [1.82, 2.24) is 14.9 Å². The highest BCUT2D eigenvalue weighted by molar-refractivity contribution is 5.93. The molecule has 0 radical (unpaired) electrons. The fourth-order valence-corrected chi connectivity index (χ4v) is 3.87. The van der Waals surface area contributed by atoms with E-state index < -0.39 is 17.5 Å². The smallest absolute Gasteiger partial charge is 0.219 e. The van der Waals surface area contributed by atoms with Gasteiger partial charge < -0.3 is 9.88 Å². The van der Waals surface area contributed by atoms with E-state index in [4.69, 9.17) is 0 Å². The summed E-state index contributed by atoms with van der Waals surface area (Å²) in [6.07, 6.45) is 3.66. The molecular formula is C20H18F3N3O. The molecule has 0 atom stereocenters. The molecule has 1 aliphatic heterocycles. The average molecular weight is 373 g/mol. The SMILES string of the molecule is CC(=O)N1CCC(c2c(F)cc(-c3ccnc4[nH]cc(F)c34)cc2F)CC1. The molecule has 1 aliphatic rings. The second-order valence-corrected chi connectivity index (χ2v) is 6.85. The lowest BCUT2D eigenvalue weighted by atomic mass is 9.87. The number of pyridine rings is 1. The van der Waals surface area contributed by atoms with E-state index in [9.17, 15) is 18.0 Å². The second kappa shape index (κ2) is 6.72. The molecule has 1 fully saturated rings. The highest BCUT2D eigenvalue weighted by atomic mass is 19.1. The Balaban J connectivity index is 1.71. The van der Waals surface area contributed by atoms with Gasteiger partial charge in [0, 0.05) is 38.0 Å². The minimum Gasteiger partial charge on any atom is -0.343 e. The lowest BCUT2D eigenvalue weighted by Crippen LogP contribution is -2.36. The molecule has 3 aromatic rings. The predicted molar refractivity (Wildman–Crippen MR) is 95.6 cm³/mol. The van der Waals surface area contributed by atoms with E-state index in [1.807, 2.05) is 0 Å². The van der Waals surface area contributed by atoms with Gasteiger partial charge >= 0.3 is 0 Å². The summed E-state index contributed by atoms with van der Waals surface area (Å²) in [5, 5.41) is 0.207. The van der Waals surface area contributed by atoms with Crippen molar-refractivity contribution in [2.45, 2.75) is 25.7 Å². The fourth-order valence-electron chi connectivity index (χ4n) is 3.87. The Morgan fingerprint density at radius 2 is 1.81 bits per heavy atom. The first kappa shape index (κ1) is 17.6. The maximum absolute atomic E-state index is 14.8. The molecule has 7 heteroatoms. The van der Waals surface area contributed by atoms with Crippen LogP contribution in [0.3, 0.4) is 0 Å². The van der Waals surface area contributed by atoms with Crippen molar-refractivity contribution in [2.75, 3.05) is 13.1 Å². The monoisotopic (exact) mass is 373 g/mol. The Morgan fingerprint density at radius 3 is 2.44 bits per heavy atom. The third-order valence-corrected chi connectivity index (χ3v) is 5.26. The van der Waals surface area contributed by atoms with Gasteiger partial charge in [-0.3, -0.25) is 4.79 Å². The van der Waals surface area contributed by atoms with Gasteiger partial charge in [-0.2, -0.15) is 0 Å². The topological polar surface area (TPSA) is 49.0 Å². The standard InChI is InChI=1S/C20H18F3N3O/c1-11(27)26-6-3-12(4-7-26)18-15(21)8-13(9-16(18)22)14-2-5-24-20-19(14)17(23)10-25-20/h2,5,8-10,12H,3-4,6-7H2,1H3,(H,24,25). The van der Waals surface area contributed by atoms with Crippen LogP contribution in [0, 0.1) is 17.5 Å². The number of nitrogens with zero attached hydrogens (tertiary/aromatic N) is 2. The van der Waals surface area contributed by atoms with Crippen LogP contribution in [0.15, 0.2) is 30.6 Å². The number of aromatic amines is 1. The van der Waals surface area contributed by atoms with E-state index in [0.29, 0.717) is 37.1 Å². The summed E-state index contributed by atoms with van der Waals surface area (Å²) in [5.74, 6) is -2.12. The van der Waals surface area contributed by atoms with Gasteiger partial charge in [-0.05, 0) is 48.1 Å². The number of H-pyrrole nitrogens is 1. The van der Waals surface area contributed by atoms with Gasteiger partial charge in [-0.25, -0.2) is 18.2 Å². The van der Waals surface area contributed by atoms with E-state index in [1.165, 1.54) is 31.5 Å². The van der Waals surface area contributed by atoms with Crippen LogP contribution in [0.1, 0.15) is 31.2 Å². The summed E-state index contributed by atoms with van der Waals surface area (Å²) in [6.45, 7) is 2.46. The van der Waals surface area contributed by atoms with Crippen molar-refractivity contribution in [3.8, 4) is 11.1 Å². The molecule has 1 saturated heterocycles. The third-order valence-electron chi connectivity index (χ3n) is 5.26. The number of carbonyl (C=O) groups excluding carboxylic acids is 1. The number of piperidine rings is 1. The van der Waals surface area contributed by atoms with E-state index in [1.54, 1.807) is 11.0 Å². The van der Waals surface area contributed by atoms with Gasteiger partial charge in [0.25, 0.3) is 0 Å². The Labute approximate surface area is 154 Å². The van der Waals surface area contributed by atoms with Crippen LogP contribution in [0.2, 0.25) is 0 Å². The number of likely N-dealkylation sites (tertiary alicyclic amines) is 1. The number of halogens is 3. The zero-order chi connectivity index (χ0) is 19.1. The molecule has 140 valence electrons. The van der Waals surface area contributed by atoms with E-state index in [2.05, 4.69) is 9.97 Å². The lowest BCUT2D eigenvalue weighted by Gasteiger charge is -2.31. The van der Waals surface area contributed by atoms with Crippen LogP contribution in [0.5, 0.6) is 0 Å². The molecule has 4 rings (SSSR count). The van der Waals surface area contributed by atoms with Crippen molar-refractivity contribution >= 4 is 16.9 Å². The number of rotatable bonds is 2. The Hall–Kier alpha value is -2.83. The molecule has 0 spiro atoms. The Kier molecular flexibility index (Phi) is 4.37. The molecular weight excluding hydrogens is 355 g/mol. The minimum absolute atomic E-state index is 0.0278. The first-order valence-corrected chi connectivity index (χ1v) is 8.82. The van der Waals surface area contributed by atoms with Gasteiger partial charge in [0.2, 0.25) is 5.91 Å². The van der Waals surface area contributed by atoms with Crippen molar-refractivity contribution in [1.29, 1.82) is 0 Å². The lowest BCUT2D eigenvalue weighted by molar-refractivity contribution is -0.129. The van der Waals surface area contributed by atoms with Crippen molar-refractivity contribution in [3.05, 3.63) is 53.6 Å². The molecule has 3 heterocycles. The molecule has 1 N–H and O–H groups in total. The maximum atomic E-state index is 14.8. The van der Waals surface area contributed by atoms with Gasteiger partial charge in [0.1, 0.15) is 17.3 Å². The quantitative estimate of drug-likeness (QED) is 0.725. The van der Waals surface area contributed by atoms with Crippen molar-refractivity contribution in [2.24, 2.45) is 0 Å². The average Bonchev–Trinajstić information content (AvgIpc) is 3.03. The van der Waals surface area contributed by atoms with Gasteiger partial charge in [-0.15, -0.1) is 0 Å². The largest absolute Gasteiger partial charge is 0.343 e. The van der Waals surface area contributed by atoms with E-state index >= 15 is 0 Å². The minimum atomic E-state index is -0.646. The van der Waals surface area contributed by atoms with Crippen LogP contribution in [-0.2, 0) is 4.79 Å². The van der Waals surface area contributed by atoms with Crippen LogP contribution in [-0.4, -0.2) is 33.9 Å². The fraction of sp³-hybridized carbons (Fsp3) is 0.300. The summed E-state index contributed by atoms with van der Waals surface area (Å²) in [5.41, 5.74) is 1.02. The van der Waals surface area contributed by atoms with Gasteiger partial charge in [0.15, 0.2) is 5.82 Å². The normalized spacial score (nSPS) is 15.5. The zero-order valence-corrected chi connectivity index (χ0v) is 14.7. The highest BCUT2D eigenvalue weighted by Crippen LogP contribution is 2.36. The van der Waals surface area contributed by atoms with Crippen LogP contribution in [0.4, 0.5) is 13.2 Å². The zero-order valence-electron chi connectivity index (χ0n) is 14.7. The number of carbonyl (C=O) groups is 1. The molecule has 27 heavy (non-hydrogen) atoms. The molecule has 1 aromatic carbocycles. The van der Waals surface area contributed by atoms with Crippen molar-refractivity contribution in [3.63, 3.8) is 0 Å². The summed E-state index contributed by atoms with van der Waals surface area (Å²) in [4.78, 5) is 19.8. The molecule has 0 aliphatic carbocycles. The number of aromatic nitrogens is 2. The van der Waals surface area contributed by atoms with Crippen LogP contribution in [0.25, 0.3) is 22.2 Å². The first-order valence-electron chi connectivity index (χ1n) is 8.82. The molecule has 2 aromatic heterocycles. The van der Waals surface area contributed by atoms with Crippen LogP contribution >= 0.6 is 0 Å². The third kappa shape index (κ3) is 3.07. The van der Waals surface area contributed by atoms with E-state index in [0.717, 1.165) is 0 Å². The molecule has 0 bridgehead atoms. The molecule has 0 unspecified atom stereocenters. The number of hydrogen-bond acceptors (Lipinski definition) is 2. The van der Waals surface area contributed by atoms with Crippen molar-refractivity contribution < 1.29 is 18.0 Å². The Bertz CT molecular complexity index is 999.